The highest BCUT2D eigenvalue weighted by molar-refractivity contribution is 7.99. The van der Waals surface area contributed by atoms with Crippen LogP contribution in [0.15, 0.2) is 29.2 Å². The molecule has 3 rings (SSSR count). The second-order valence-corrected chi connectivity index (χ2v) is 6.75. The molecule has 9 heteroatoms. The third-order valence-corrected chi connectivity index (χ3v) is 5.08. The van der Waals surface area contributed by atoms with Gasteiger partial charge in [0.2, 0.25) is 5.91 Å². The largest absolute Gasteiger partial charge is 0.481 e. The number of pyridine rings is 1. The lowest BCUT2D eigenvalue weighted by atomic mass is 10.2. The van der Waals surface area contributed by atoms with E-state index in [2.05, 4.69) is 5.10 Å². The zero-order valence-electron chi connectivity index (χ0n) is 13.0. The summed E-state index contributed by atoms with van der Waals surface area (Å²) in [5, 5.41) is 13.2. The van der Waals surface area contributed by atoms with Crippen molar-refractivity contribution in [3.05, 3.63) is 34.9 Å². The van der Waals surface area contributed by atoms with Gasteiger partial charge in [-0.05, 0) is 12.1 Å². The Balaban J connectivity index is 1.68. The van der Waals surface area contributed by atoms with Crippen molar-refractivity contribution in [2.75, 3.05) is 18.1 Å². The van der Waals surface area contributed by atoms with Gasteiger partial charge in [0.25, 0.3) is 0 Å². The highest BCUT2D eigenvalue weighted by Crippen LogP contribution is 2.20. The summed E-state index contributed by atoms with van der Waals surface area (Å²) in [6, 6.07) is 4.98. The summed E-state index contributed by atoms with van der Waals surface area (Å²) in [4.78, 5) is 37.2. The lowest BCUT2D eigenvalue weighted by molar-refractivity contribution is -0.140. The fourth-order valence-corrected chi connectivity index (χ4v) is 3.88. The van der Waals surface area contributed by atoms with Crippen LogP contribution in [-0.4, -0.2) is 60.2 Å². The van der Waals surface area contributed by atoms with E-state index in [-0.39, 0.29) is 37.0 Å². The minimum absolute atomic E-state index is 0.0486. The summed E-state index contributed by atoms with van der Waals surface area (Å²) in [5.74, 6) is 0.394. The summed E-state index contributed by atoms with van der Waals surface area (Å²) >= 11 is 1.66. The van der Waals surface area contributed by atoms with E-state index in [1.54, 1.807) is 41.1 Å². The molecule has 0 saturated carbocycles. The second-order valence-electron chi connectivity index (χ2n) is 5.60. The average molecular weight is 350 g/mol. The fourth-order valence-electron chi connectivity index (χ4n) is 2.81. The van der Waals surface area contributed by atoms with Crippen molar-refractivity contribution in [3.8, 4) is 0 Å². The zero-order valence-corrected chi connectivity index (χ0v) is 13.8. The molecule has 1 aliphatic heterocycles. The number of thioether (sulfide) groups is 1. The Morgan fingerprint density at radius 2 is 2.21 bits per heavy atom. The molecule has 8 nitrogen and oxygen atoms in total. The quantitative estimate of drug-likeness (QED) is 0.833. The predicted octanol–water partition coefficient (Wildman–Crippen LogP) is 0.305. The molecule has 2 aromatic heterocycles. The first-order chi connectivity index (χ1) is 11.6. The number of fused-ring (bicyclic) bond motifs is 1. The van der Waals surface area contributed by atoms with E-state index in [9.17, 15) is 14.4 Å². The highest BCUT2D eigenvalue weighted by Gasteiger charge is 2.28. The van der Waals surface area contributed by atoms with Gasteiger partial charge in [-0.15, -0.1) is 5.10 Å². The maximum Gasteiger partial charge on any atom is 0.350 e. The maximum absolute atomic E-state index is 12.5. The number of carboxylic acid groups (broad SMARTS) is 1. The molecule has 1 amide bonds. The van der Waals surface area contributed by atoms with E-state index in [1.807, 2.05) is 0 Å². The van der Waals surface area contributed by atoms with Crippen molar-refractivity contribution in [2.45, 2.75) is 25.4 Å². The smallest absolute Gasteiger partial charge is 0.350 e. The van der Waals surface area contributed by atoms with Gasteiger partial charge in [-0.2, -0.15) is 11.8 Å². The Bertz CT molecular complexity index is 815. The van der Waals surface area contributed by atoms with Crippen LogP contribution < -0.4 is 5.69 Å². The maximum atomic E-state index is 12.5. The number of aliphatic carboxylic acids is 1. The van der Waals surface area contributed by atoms with E-state index < -0.39 is 5.97 Å². The number of rotatable bonds is 5. The van der Waals surface area contributed by atoms with Crippen LogP contribution in [0.25, 0.3) is 5.65 Å². The van der Waals surface area contributed by atoms with Crippen LogP contribution in [0.3, 0.4) is 0 Å². The van der Waals surface area contributed by atoms with Crippen LogP contribution >= 0.6 is 11.8 Å². The number of carbonyl (C=O) groups excluding carboxylic acids is 1. The van der Waals surface area contributed by atoms with Gasteiger partial charge in [0.15, 0.2) is 5.65 Å². The number of hydrogen-bond donors (Lipinski definition) is 1. The lowest BCUT2D eigenvalue weighted by Gasteiger charge is -2.34. The summed E-state index contributed by atoms with van der Waals surface area (Å²) in [5.41, 5.74) is 0.253. The van der Waals surface area contributed by atoms with Crippen LogP contribution in [0.5, 0.6) is 0 Å². The van der Waals surface area contributed by atoms with Crippen LogP contribution in [0.1, 0.15) is 12.8 Å². The van der Waals surface area contributed by atoms with Crippen molar-refractivity contribution >= 4 is 29.3 Å². The van der Waals surface area contributed by atoms with Crippen molar-refractivity contribution in [3.63, 3.8) is 0 Å². The normalized spacial score (nSPS) is 18.0. The van der Waals surface area contributed by atoms with E-state index in [0.29, 0.717) is 17.9 Å². The molecule has 24 heavy (non-hydrogen) atoms. The topological polar surface area (TPSA) is 96.9 Å². The Morgan fingerprint density at radius 1 is 1.38 bits per heavy atom. The first kappa shape index (κ1) is 16.6. The summed E-state index contributed by atoms with van der Waals surface area (Å²) in [6.45, 7) is 0.726. The number of aromatic nitrogens is 3. The molecule has 1 atom stereocenters. The first-order valence-corrected chi connectivity index (χ1v) is 8.85. The van der Waals surface area contributed by atoms with Crippen molar-refractivity contribution < 1.29 is 14.7 Å². The zero-order chi connectivity index (χ0) is 17.1. The van der Waals surface area contributed by atoms with Gasteiger partial charge in [-0.3, -0.25) is 14.0 Å². The minimum Gasteiger partial charge on any atom is -0.481 e. The summed E-state index contributed by atoms with van der Waals surface area (Å²) in [7, 11) is 0. The van der Waals surface area contributed by atoms with E-state index >= 15 is 0 Å². The van der Waals surface area contributed by atoms with Crippen molar-refractivity contribution in [1.29, 1.82) is 0 Å². The Morgan fingerprint density at radius 3 is 2.96 bits per heavy atom. The average Bonchev–Trinajstić information content (AvgIpc) is 2.89. The molecule has 1 saturated heterocycles. The third-order valence-electron chi connectivity index (χ3n) is 3.98. The molecule has 128 valence electrons. The summed E-state index contributed by atoms with van der Waals surface area (Å²) in [6.07, 6.45) is 1.71. The number of carbonyl (C=O) groups is 2. The second kappa shape index (κ2) is 7.08. The molecule has 0 aromatic carbocycles. The predicted molar refractivity (Wildman–Crippen MR) is 89.1 cm³/mol. The van der Waals surface area contributed by atoms with E-state index in [0.717, 1.165) is 5.75 Å². The standard InChI is InChI=1S/C15H18N4O4S/c20-13(17-7-8-24-10-11(17)9-14(21)22)4-6-19-15(23)18-5-2-1-3-12(18)16-19/h1-3,5,11H,4,6-10H2,(H,21,22). The van der Waals surface area contributed by atoms with Gasteiger partial charge in [-0.25, -0.2) is 9.48 Å². The molecular formula is C15H18N4O4S. The van der Waals surface area contributed by atoms with Gasteiger partial charge in [0.1, 0.15) is 0 Å². The van der Waals surface area contributed by atoms with Crippen LogP contribution in [-0.2, 0) is 16.1 Å². The Hall–Kier alpha value is -2.29. The van der Waals surface area contributed by atoms with Crippen LogP contribution in [0.2, 0.25) is 0 Å². The van der Waals surface area contributed by atoms with Gasteiger partial charge in [0, 0.05) is 30.7 Å². The number of nitrogens with zero attached hydrogens (tertiary/aromatic N) is 4. The van der Waals surface area contributed by atoms with Crippen molar-refractivity contribution in [2.24, 2.45) is 0 Å². The minimum atomic E-state index is -0.906. The Kier molecular flexibility index (Phi) is 4.89. The molecule has 0 aliphatic carbocycles. The van der Waals surface area contributed by atoms with Gasteiger partial charge < -0.3 is 10.0 Å². The fraction of sp³-hybridized carbons (Fsp3) is 0.467. The SMILES string of the molecule is O=C(O)CC1CSCCN1C(=O)CCn1nc2ccccn2c1=O. The third kappa shape index (κ3) is 3.45. The number of aryl methyl sites for hydroxylation is 1. The molecule has 0 radical (unpaired) electrons. The number of carboxylic acids is 1. The molecular weight excluding hydrogens is 332 g/mol. The summed E-state index contributed by atoms with van der Waals surface area (Å²) < 4.78 is 2.70. The van der Waals surface area contributed by atoms with E-state index in [1.165, 1.54) is 9.08 Å². The monoisotopic (exact) mass is 350 g/mol. The molecule has 1 unspecified atom stereocenters. The van der Waals surface area contributed by atoms with Gasteiger partial charge in [0.05, 0.1) is 19.0 Å². The molecule has 1 aliphatic rings. The number of amides is 1. The molecule has 3 heterocycles. The molecule has 0 spiro atoms. The van der Waals surface area contributed by atoms with E-state index in [4.69, 9.17) is 5.11 Å². The van der Waals surface area contributed by atoms with Gasteiger partial charge in [-0.1, -0.05) is 6.07 Å². The highest BCUT2D eigenvalue weighted by atomic mass is 32.2. The number of hydrogen-bond acceptors (Lipinski definition) is 5. The van der Waals surface area contributed by atoms with Crippen LogP contribution in [0, 0.1) is 0 Å². The first-order valence-electron chi connectivity index (χ1n) is 7.69. The Labute approximate surface area is 142 Å². The lowest BCUT2D eigenvalue weighted by Crippen LogP contribution is -2.47. The van der Waals surface area contributed by atoms with Gasteiger partial charge >= 0.3 is 11.7 Å². The van der Waals surface area contributed by atoms with Crippen LogP contribution in [0.4, 0.5) is 0 Å². The molecule has 1 N–H and O–H groups in total. The van der Waals surface area contributed by atoms with Crippen molar-refractivity contribution in [1.82, 2.24) is 19.1 Å². The molecule has 1 fully saturated rings. The molecule has 2 aromatic rings. The molecule has 0 bridgehead atoms.